The van der Waals surface area contributed by atoms with E-state index in [2.05, 4.69) is 57.5 Å². The molecule has 0 bridgehead atoms. The van der Waals surface area contributed by atoms with E-state index in [1.54, 1.807) is 0 Å². The molecule has 0 radical (unpaired) electrons. The summed E-state index contributed by atoms with van der Waals surface area (Å²) < 4.78 is 15.4. The molecular formula is C22H29FN4. The van der Waals surface area contributed by atoms with Gasteiger partial charge in [0.1, 0.15) is 18.3 Å². The van der Waals surface area contributed by atoms with Crippen LogP contribution in [0.5, 0.6) is 0 Å². The van der Waals surface area contributed by atoms with Gasteiger partial charge in [0.25, 0.3) is 0 Å². The normalized spacial score (nSPS) is 11.4. The number of aromatic nitrogens is 3. The Morgan fingerprint density at radius 3 is 2.22 bits per heavy atom. The topological polar surface area (TPSA) is 34.0 Å². The van der Waals surface area contributed by atoms with E-state index < -0.39 is 0 Å². The summed E-state index contributed by atoms with van der Waals surface area (Å²) in [5.74, 6) is 1.55. The Kier molecular flexibility index (Phi) is 5.49. The number of hydrogen-bond acceptors (Lipinski definition) is 3. The number of benzene rings is 1. The monoisotopic (exact) mass is 368 g/mol. The van der Waals surface area contributed by atoms with Crippen molar-refractivity contribution in [3.8, 4) is 5.69 Å². The summed E-state index contributed by atoms with van der Waals surface area (Å²) in [5, 5.41) is 1.02. The van der Waals surface area contributed by atoms with Gasteiger partial charge in [-0.05, 0) is 57.7 Å². The summed E-state index contributed by atoms with van der Waals surface area (Å²) >= 11 is 0. The largest absolute Gasteiger partial charge is 0.353 e. The van der Waals surface area contributed by atoms with Crippen LogP contribution in [0.2, 0.25) is 0 Å². The van der Waals surface area contributed by atoms with Gasteiger partial charge in [0, 0.05) is 19.3 Å². The van der Waals surface area contributed by atoms with Crippen molar-refractivity contribution in [3.63, 3.8) is 0 Å². The molecule has 0 spiro atoms. The second-order valence-corrected chi connectivity index (χ2v) is 7.40. The highest BCUT2D eigenvalue weighted by atomic mass is 19.1. The molecule has 0 aliphatic heterocycles. The fourth-order valence-corrected chi connectivity index (χ4v) is 4.04. The fourth-order valence-electron chi connectivity index (χ4n) is 4.04. The highest BCUT2D eigenvalue weighted by Crippen LogP contribution is 2.33. The lowest BCUT2D eigenvalue weighted by atomic mass is 10.1. The molecule has 1 aromatic carbocycles. The van der Waals surface area contributed by atoms with Crippen LogP contribution in [0.25, 0.3) is 16.7 Å². The zero-order valence-electron chi connectivity index (χ0n) is 17.2. The highest BCUT2D eigenvalue weighted by Gasteiger charge is 2.20. The first-order chi connectivity index (χ1) is 12.9. The van der Waals surface area contributed by atoms with Gasteiger partial charge in [-0.1, -0.05) is 24.6 Å². The predicted molar refractivity (Wildman–Crippen MR) is 111 cm³/mol. The predicted octanol–water partition coefficient (Wildman–Crippen LogP) is 5.15. The molecule has 0 saturated carbocycles. The molecule has 27 heavy (non-hydrogen) atoms. The van der Waals surface area contributed by atoms with Crippen LogP contribution in [0.15, 0.2) is 18.3 Å². The Morgan fingerprint density at radius 2 is 1.63 bits per heavy atom. The molecule has 2 aromatic heterocycles. The second kappa shape index (κ2) is 7.67. The Labute approximate surface area is 161 Å². The third kappa shape index (κ3) is 3.55. The minimum absolute atomic E-state index is 0.354. The maximum absolute atomic E-state index is 13.2. The van der Waals surface area contributed by atoms with E-state index in [0.717, 1.165) is 41.1 Å². The molecule has 0 aliphatic rings. The molecule has 0 aliphatic carbocycles. The number of halogens is 1. The van der Waals surface area contributed by atoms with Crippen molar-refractivity contribution in [1.29, 1.82) is 0 Å². The molecule has 5 heteroatoms. The summed E-state index contributed by atoms with van der Waals surface area (Å²) in [7, 11) is 0. The first kappa shape index (κ1) is 19.3. The molecule has 3 rings (SSSR count). The zero-order chi connectivity index (χ0) is 19.7. The Bertz CT molecular complexity index is 945. The van der Waals surface area contributed by atoms with E-state index in [-0.39, 0.29) is 6.67 Å². The van der Waals surface area contributed by atoms with Crippen molar-refractivity contribution in [3.05, 3.63) is 46.4 Å². The van der Waals surface area contributed by atoms with Crippen LogP contribution >= 0.6 is 0 Å². The van der Waals surface area contributed by atoms with E-state index in [0.29, 0.717) is 12.4 Å². The third-order valence-corrected chi connectivity index (χ3v) is 4.95. The van der Waals surface area contributed by atoms with Crippen LogP contribution in [-0.2, 0) is 0 Å². The maximum atomic E-state index is 13.2. The zero-order valence-corrected chi connectivity index (χ0v) is 17.2. The van der Waals surface area contributed by atoms with Crippen LogP contribution in [0, 0.1) is 34.6 Å². The number of fused-ring (bicyclic) bond motifs is 1. The van der Waals surface area contributed by atoms with E-state index in [4.69, 9.17) is 9.97 Å². The molecule has 0 N–H and O–H groups in total. The summed E-state index contributed by atoms with van der Waals surface area (Å²) in [6.07, 6.45) is 3.08. The first-order valence-electron chi connectivity index (χ1n) is 9.62. The Balaban J connectivity index is 2.30. The van der Waals surface area contributed by atoms with Gasteiger partial charge in [-0.15, -0.1) is 0 Å². The molecule has 0 unspecified atom stereocenters. The van der Waals surface area contributed by atoms with Crippen molar-refractivity contribution in [2.24, 2.45) is 0 Å². The number of nitrogens with zero attached hydrogens (tertiary/aromatic N) is 4. The van der Waals surface area contributed by atoms with E-state index in [9.17, 15) is 4.39 Å². The van der Waals surface area contributed by atoms with Crippen molar-refractivity contribution in [2.75, 3.05) is 24.7 Å². The molecule has 4 nitrogen and oxygen atoms in total. The van der Waals surface area contributed by atoms with Gasteiger partial charge in [-0.3, -0.25) is 0 Å². The maximum Gasteiger partial charge on any atom is 0.150 e. The van der Waals surface area contributed by atoms with Crippen LogP contribution in [0.3, 0.4) is 0 Å². The standard InChI is InChI=1S/C22H29FN4/c1-7-9-26(10-8-23)21-19-17(5)13-27(22(19)25-18(6)24-21)20-15(3)11-14(2)12-16(20)4/h11-13H,7-10H2,1-6H3. The quantitative estimate of drug-likeness (QED) is 0.603. The molecule has 144 valence electrons. The molecule has 3 aromatic rings. The van der Waals surface area contributed by atoms with Gasteiger partial charge >= 0.3 is 0 Å². The minimum atomic E-state index is -0.388. The Morgan fingerprint density at radius 1 is 0.963 bits per heavy atom. The summed E-state index contributed by atoms with van der Waals surface area (Å²) in [4.78, 5) is 11.5. The third-order valence-electron chi connectivity index (χ3n) is 4.95. The van der Waals surface area contributed by atoms with Crippen molar-refractivity contribution in [1.82, 2.24) is 14.5 Å². The van der Waals surface area contributed by atoms with E-state index in [1.807, 2.05) is 11.8 Å². The lowest BCUT2D eigenvalue weighted by molar-refractivity contribution is 0.488. The van der Waals surface area contributed by atoms with Gasteiger partial charge in [0.2, 0.25) is 0 Å². The summed E-state index contributed by atoms with van der Waals surface area (Å²) in [6.45, 7) is 13.2. The Hall–Kier alpha value is -2.43. The highest BCUT2D eigenvalue weighted by molar-refractivity contribution is 5.92. The SMILES string of the molecule is CCCN(CCF)c1nc(C)nc2c1c(C)cn2-c1c(C)cc(C)cc1C. The average Bonchev–Trinajstić information content (AvgIpc) is 2.89. The first-order valence-corrected chi connectivity index (χ1v) is 9.62. The number of aryl methyl sites for hydroxylation is 5. The lowest BCUT2D eigenvalue weighted by Gasteiger charge is -2.23. The van der Waals surface area contributed by atoms with Gasteiger partial charge in [-0.25, -0.2) is 14.4 Å². The molecule has 0 saturated heterocycles. The molecule has 0 atom stereocenters. The van der Waals surface area contributed by atoms with Gasteiger partial charge < -0.3 is 9.47 Å². The number of hydrogen-bond donors (Lipinski definition) is 0. The number of rotatable bonds is 6. The second-order valence-electron chi connectivity index (χ2n) is 7.40. The van der Waals surface area contributed by atoms with Crippen LogP contribution in [0.4, 0.5) is 10.2 Å². The van der Waals surface area contributed by atoms with Crippen molar-refractivity contribution >= 4 is 16.9 Å². The summed E-state index contributed by atoms with van der Waals surface area (Å²) in [5.41, 5.74) is 6.86. The van der Waals surface area contributed by atoms with Crippen LogP contribution < -0.4 is 4.90 Å². The fraction of sp³-hybridized carbons (Fsp3) is 0.455. The minimum Gasteiger partial charge on any atom is -0.353 e. The van der Waals surface area contributed by atoms with Crippen molar-refractivity contribution in [2.45, 2.75) is 48.0 Å². The van der Waals surface area contributed by atoms with Crippen LogP contribution in [-0.4, -0.2) is 34.3 Å². The smallest absolute Gasteiger partial charge is 0.150 e. The molecule has 0 amide bonds. The summed E-state index contributed by atoms with van der Waals surface area (Å²) in [6, 6.07) is 4.40. The number of alkyl halides is 1. The molecular weight excluding hydrogens is 339 g/mol. The van der Waals surface area contributed by atoms with Gasteiger partial charge in [0.05, 0.1) is 11.1 Å². The van der Waals surface area contributed by atoms with E-state index >= 15 is 0 Å². The average molecular weight is 369 g/mol. The van der Waals surface area contributed by atoms with E-state index in [1.165, 1.54) is 16.7 Å². The molecule has 0 fully saturated rings. The molecule has 2 heterocycles. The van der Waals surface area contributed by atoms with Crippen LogP contribution in [0.1, 0.15) is 41.4 Å². The van der Waals surface area contributed by atoms with Gasteiger partial charge in [-0.2, -0.15) is 0 Å². The van der Waals surface area contributed by atoms with Crippen molar-refractivity contribution < 1.29 is 4.39 Å². The lowest BCUT2D eigenvalue weighted by Crippen LogP contribution is -2.28. The van der Waals surface area contributed by atoms with Gasteiger partial charge in [0.15, 0.2) is 5.65 Å². The number of anilines is 1.